The molecule has 0 unspecified atom stereocenters. The van der Waals surface area contributed by atoms with E-state index in [9.17, 15) is 5.11 Å². The molecule has 19 heavy (non-hydrogen) atoms. The number of aromatic hydroxyl groups is 1. The van der Waals surface area contributed by atoms with Crippen molar-refractivity contribution in [2.24, 2.45) is 0 Å². The standard InChI is InChI=1S/C14H13N3O2/c15-9-12(10-16)14(17-5-7-19-8-6-17)11-1-3-13(18)4-2-11/h1-4,18H,5-8H2. The Kier molecular flexibility index (Phi) is 4.02. The maximum Gasteiger partial charge on any atom is 0.153 e. The van der Waals surface area contributed by atoms with Crippen molar-refractivity contribution in [3.05, 3.63) is 35.4 Å². The highest BCUT2D eigenvalue weighted by Crippen LogP contribution is 2.25. The molecule has 1 heterocycles. The Morgan fingerprint density at radius 3 is 2.21 bits per heavy atom. The van der Waals surface area contributed by atoms with Gasteiger partial charge in [0.2, 0.25) is 0 Å². The van der Waals surface area contributed by atoms with E-state index in [0.29, 0.717) is 32.0 Å². The molecular weight excluding hydrogens is 242 g/mol. The lowest BCUT2D eigenvalue weighted by Gasteiger charge is -2.31. The predicted octanol–water partition coefficient (Wildman–Crippen LogP) is 1.48. The van der Waals surface area contributed by atoms with Crippen LogP contribution >= 0.6 is 0 Å². The average molecular weight is 255 g/mol. The number of phenolic OH excluding ortho intramolecular Hbond substituents is 1. The zero-order chi connectivity index (χ0) is 13.7. The van der Waals surface area contributed by atoms with Crippen molar-refractivity contribution in [2.45, 2.75) is 0 Å². The minimum Gasteiger partial charge on any atom is -0.508 e. The van der Waals surface area contributed by atoms with Crippen LogP contribution in [-0.4, -0.2) is 36.3 Å². The van der Waals surface area contributed by atoms with Gasteiger partial charge in [0, 0.05) is 18.7 Å². The van der Waals surface area contributed by atoms with Gasteiger partial charge in [0.05, 0.1) is 18.9 Å². The van der Waals surface area contributed by atoms with Gasteiger partial charge in [-0.3, -0.25) is 0 Å². The van der Waals surface area contributed by atoms with Gasteiger partial charge in [-0.15, -0.1) is 0 Å². The summed E-state index contributed by atoms with van der Waals surface area (Å²) in [6.45, 7) is 2.43. The van der Waals surface area contributed by atoms with Crippen LogP contribution in [0.4, 0.5) is 0 Å². The molecule has 1 saturated heterocycles. The third-order valence-electron chi connectivity index (χ3n) is 2.93. The number of phenols is 1. The number of hydrogen-bond donors (Lipinski definition) is 1. The van der Waals surface area contributed by atoms with E-state index in [-0.39, 0.29) is 11.3 Å². The molecule has 0 radical (unpaired) electrons. The third kappa shape index (κ3) is 2.85. The zero-order valence-corrected chi connectivity index (χ0v) is 10.3. The average Bonchev–Trinajstić information content (AvgIpc) is 2.47. The first-order valence-corrected chi connectivity index (χ1v) is 5.93. The number of hydrogen-bond acceptors (Lipinski definition) is 5. The molecule has 0 spiro atoms. The van der Waals surface area contributed by atoms with Crippen LogP contribution in [0.5, 0.6) is 5.75 Å². The van der Waals surface area contributed by atoms with E-state index in [1.165, 1.54) is 0 Å². The van der Waals surface area contributed by atoms with E-state index in [1.807, 2.05) is 17.0 Å². The quantitative estimate of drug-likeness (QED) is 0.810. The van der Waals surface area contributed by atoms with Crippen LogP contribution in [-0.2, 0) is 4.74 Å². The topological polar surface area (TPSA) is 80.3 Å². The van der Waals surface area contributed by atoms with Crippen molar-refractivity contribution in [3.63, 3.8) is 0 Å². The van der Waals surface area contributed by atoms with Crippen LogP contribution in [0.3, 0.4) is 0 Å². The molecule has 0 atom stereocenters. The second-order valence-electron chi connectivity index (χ2n) is 4.09. The Bertz CT molecular complexity index is 542. The van der Waals surface area contributed by atoms with Crippen molar-refractivity contribution in [1.82, 2.24) is 4.90 Å². The van der Waals surface area contributed by atoms with E-state index in [4.69, 9.17) is 15.3 Å². The molecule has 1 fully saturated rings. The normalized spacial score (nSPS) is 14.3. The molecule has 1 aromatic carbocycles. The van der Waals surface area contributed by atoms with Crippen LogP contribution in [0.25, 0.3) is 5.70 Å². The van der Waals surface area contributed by atoms with Gasteiger partial charge < -0.3 is 14.7 Å². The van der Waals surface area contributed by atoms with E-state index < -0.39 is 0 Å². The van der Waals surface area contributed by atoms with E-state index >= 15 is 0 Å². The zero-order valence-electron chi connectivity index (χ0n) is 10.3. The minimum atomic E-state index is 0.0765. The number of rotatable bonds is 2. The molecule has 0 saturated carbocycles. The lowest BCUT2D eigenvalue weighted by atomic mass is 10.1. The molecule has 5 heteroatoms. The largest absolute Gasteiger partial charge is 0.508 e. The highest BCUT2D eigenvalue weighted by atomic mass is 16.5. The molecule has 96 valence electrons. The van der Waals surface area contributed by atoms with Crippen LogP contribution in [0.2, 0.25) is 0 Å². The minimum absolute atomic E-state index is 0.0765. The van der Waals surface area contributed by atoms with Crippen LogP contribution in [0.15, 0.2) is 29.8 Å². The van der Waals surface area contributed by atoms with E-state index in [0.717, 1.165) is 5.56 Å². The van der Waals surface area contributed by atoms with Crippen molar-refractivity contribution in [2.75, 3.05) is 26.3 Å². The Labute approximate surface area is 111 Å². The van der Waals surface area contributed by atoms with Crippen LogP contribution in [0, 0.1) is 22.7 Å². The van der Waals surface area contributed by atoms with Gasteiger partial charge in [0.25, 0.3) is 0 Å². The van der Waals surface area contributed by atoms with Gasteiger partial charge >= 0.3 is 0 Å². The number of morpholine rings is 1. The second kappa shape index (κ2) is 5.90. The molecule has 0 aliphatic carbocycles. The van der Waals surface area contributed by atoms with Gasteiger partial charge in [-0.05, 0) is 24.3 Å². The maximum atomic E-state index is 9.32. The Morgan fingerprint density at radius 2 is 1.68 bits per heavy atom. The second-order valence-corrected chi connectivity index (χ2v) is 4.09. The Balaban J connectivity index is 2.46. The maximum absolute atomic E-state index is 9.32. The summed E-state index contributed by atoms with van der Waals surface area (Å²) in [5.41, 5.74) is 1.43. The fourth-order valence-electron chi connectivity index (χ4n) is 2.02. The highest BCUT2D eigenvalue weighted by molar-refractivity contribution is 5.74. The molecule has 1 aliphatic rings. The summed E-state index contributed by atoms with van der Waals surface area (Å²) in [5.74, 6) is 0.153. The summed E-state index contributed by atoms with van der Waals surface area (Å²) < 4.78 is 5.28. The number of ether oxygens (including phenoxy) is 1. The molecule has 2 rings (SSSR count). The number of nitriles is 2. The lowest BCUT2D eigenvalue weighted by Crippen LogP contribution is -2.35. The molecule has 0 aromatic heterocycles. The fourth-order valence-corrected chi connectivity index (χ4v) is 2.02. The summed E-state index contributed by atoms with van der Waals surface area (Å²) in [6, 6.07) is 10.4. The molecule has 1 aliphatic heterocycles. The summed E-state index contributed by atoms with van der Waals surface area (Å²) >= 11 is 0. The summed E-state index contributed by atoms with van der Waals surface area (Å²) in [5, 5.41) is 27.5. The first-order chi connectivity index (χ1) is 9.26. The third-order valence-corrected chi connectivity index (χ3v) is 2.93. The first-order valence-electron chi connectivity index (χ1n) is 5.93. The van der Waals surface area contributed by atoms with Gasteiger partial charge in [-0.1, -0.05) is 0 Å². The van der Waals surface area contributed by atoms with Gasteiger partial charge in [0.15, 0.2) is 5.57 Å². The monoisotopic (exact) mass is 255 g/mol. The number of allylic oxidation sites excluding steroid dienone is 1. The van der Waals surface area contributed by atoms with Gasteiger partial charge in [0.1, 0.15) is 17.9 Å². The Morgan fingerprint density at radius 1 is 1.11 bits per heavy atom. The predicted molar refractivity (Wildman–Crippen MR) is 68.6 cm³/mol. The molecule has 0 bridgehead atoms. The molecule has 5 nitrogen and oxygen atoms in total. The molecular formula is C14H13N3O2. The van der Waals surface area contributed by atoms with Gasteiger partial charge in [-0.2, -0.15) is 10.5 Å². The van der Waals surface area contributed by atoms with Crippen LogP contribution < -0.4 is 0 Å². The molecule has 1 aromatic rings. The van der Waals surface area contributed by atoms with Gasteiger partial charge in [-0.25, -0.2) is 0 Å². The van der Waals surface area contributed by atoms with E-state index in [2.05, 4.69) is 0 Å². The smallest absolute Gasteiger partial charge is 0.153 e. The fraction of sp³-hybridized carbons (Fsp3) is 0.286. The Hall–Kier alpha value is -2.50. The first kappa shape index (κ1) is 12.9. The van der Waals surface area contributed by atoms with E-state index in [1.54, 1.807) is 24.3 Å². The van der Waals surface area contributed by atoms with Crippen molar-refractivity contribution < 1.29 is 9.84 Å². The lowest BCUT2D eigenvalue weighted by molar-refractivity contribution is 0.0638. The summed E-state index contributed by atoms with van der Waals surface area (Å²) in [4.78, 5) is 1.97. The summed E-state index contributed by atoms with van der Waals surface area (Å²) in [7, 11) is 0. The summed E-state index contributed by atoms with van der Waals surface area (Å²) in [6.07, 6.45) is 0. The van der Waals surface area contributed by atoms with Crippen molar-refractivity contribution in [3.8, 4) is 17.9 Å². The van der Waals surface area contributed by atoms with Crippen molar-refractivity contribution >= 4 is 5.70 Å². The molecule has 1 N–H and O–H groups in total. The van der Waals surface area contributed by atoms with Crippen LogP contribution in [0.1, 0.15) is 5.56 Å². The highest BCUT2D eigenvalue weighted by Gasteiger charge is 2.19. The molecule has 0 amide bonds. The SMILES string of the molecule is N#CC(C#N)=C(c1ccc(O)cc1)N1CCOCC1. The number of nitrogens with zero attached hydrogens (tertiary/aromatic N) is 3. The van der Waals surface area contributed by atoms with Crippen molar-refractivity contribution in [1.29, 1.82) is 10.5 Å². The number of benzene rings is 1.